The fraction of sp³-hybridized carbons (Fsp3) is 0.923. The van der Waals surface area contributed by atoms with Crippen molar-refractivity contribution in [3.8, 4) is 6.07 Å². The van der Waals surface area contributed by atoms with Crippen LogP contribution < -0.4 is 0 Å². The van der Waals surface area contributed by atoms with Crippen molar-refractivity contribution in [3.05, 3.63) is 0 Å². The Labute approximate surface area is 98.4 Å². The van der Waals surface area contributed by atoms with Crippen LogP contribution in [0.2, 0.25) is 0 Å². The fourth-order valence-corrected chi connectivity index (χ4v) is 2.84. The van der Waals surface area contributed by atoms with Gasteiger partial charge in [0.15, 0.2) is 0 Å². The molecule has 0 amide bonds. The maximum atomic E-state index is 10.6. The molecule has 0 spiro atoms. The highest BCUT2D eigenvalue weighted by molar-refractivity contribution is 5.13. The van der Waals surface area contributed by atoms with E-state index in [4.69, 9.17) is 4.74 Å². The number of methoxy groups -OCH3 is 1. The molecule has 0 bridgehead atoms. The molecule has 0 aliphatic heterocycles. The van der Waals surface area contributed by atoms with Crippen LogP contribution in [0.3, 0.4) is 0 Å². The Morgan fingerprint density at radius 3 is 2.69 bits per heavy atom. The maximum absolute atomic E-state index is 10.6. The Hall–Kier alpha value is -0.590. The van der Waals surface area contributed by atoms with Gasteiger partial charge in [0.05, 0.1) is 17.6 Å². The third kappa shape index (κ3) is 2.09. The number of nitriles is 1. The predicted octanol–water partition coefficient (Wildman–Crippen LogP) is 2.49. The van der Waals surface area contributed by atoms with Gasteiger partial charge in [0.1, 0.15) is 5.60 Å². The lowest BCUT2D eigenvalue weighted by Crippen LogP contribution is -2.54. The summed E-state index contributed by atoms with van der Waals surface area (Å²) in [5.41, 5.74) is -1.73. The minimum Gasteiger partial charge on any atom is -0.386 e. The Morgan fingerprint density at radius 2 is 2.25 bits per heavy atom. The van der Waals surface area contributed by atoms with E-state index >= 15 is 0 Å². The molecule has 4 unspecified atom stereocenters. The fourth-order valence-electron chi connectivity index (χ4n) is 2.84. The lowest BCUT2D eigenvalue weighted by Gasteiger charge is -2.47. The summed E-state index contributed by atoms with van der Waals surface area (Å²) in [7, 11) is 1.58. The van der Waals surface area contributed by atoms with Gasteiger partial charge < -0.3 is 9.84 Å². The van der Waals surface area contributed by atoms with Gasteiger partial charge in [-0.05, 0) is 32.6 Å². The van der Waals surface area contributed by atoms with E-state index in [2.05, 4.69) is 13.0 Å². The average molecular weight is 225 g/mol. The Kier molecular flexibility index (Phi) is 3.98. The maximum Gasteiger partial charge on any atom is 0.106 e. The van der Waals surface area contributed by atoms with Crippen molar-refractivity contribution in [1.82, 2.24) is 0 Å². The second-order valence-electron chi connectivity index (χ2n) is 5.42. The molecule has 1 aliphatic rings. The molecular weight excluding hydrogens is 202 g/mol. The Balaban J connectivity index is 2.99. The Bertz CT molecular complexity index is 282. The topological polar surface area (TPSA) is 53.2 Å². The van der Waals surface area contributed by atoms with Gasteiger partial charge in [0, 0.05) is 7.11 Å². The van der Waals surface area contributed by atoms with Crippen LogP contribution in [0.5, 0.6) is 0 Å². The highest BCUT2D eigenvalue weighted by Gasteiger charge is 2.52. The second kappa shape index (κ2) is 4.73. The molecule has 3 nitrogen and oxygen atoms in total. The van der Waals surface area contributed by atoms with Crippen molar-refractivity contribution in [2.45, 2.75) is 58.2 Å². The van der Waals surface area contributed by atoms with E-state index < -0.39 is 11.0 Å². The number of nitrogens with zero attached hydrogens (tertiary/aromatic N) is 1. The summed E-state index contributed by atoms with van der Waals surface area (Å²) in [6, 6.07) is 2.37. The SMILES string of the molecule is COC(C)C(C)(O)C1(C#N)CCCC(C)C1. The van der Waals surface area contributed by atoms with Crippen LogP contribution in [0, 0.1) is 22.7 Å². The van der Waals surface area contributed by atoms with Crippen LogP contribution in [0.25, 0.3) is 0 Å². The Morgan fingerprint density at radius 1 is 1.62 bits per heavy atom. The van der Waals surface area contributed by atoms with Gasteiger partial charge in [-0.25, -0.2) is 0 Å². The molecular formula is C13H23NO2. The minimum absolute atomic E-state index is 0.322. The van der Waals surface area contributed by atoms with Crippen molar-refractivity contribution in [2.75, 3.05) is 7.11 Å². The van der Waals surface area contributed by atoms with E-state index in [0.29, 0.717) is 5.92 Å². The number of rotatable bonds is 3. The highest BCUT2D eigenvalue weighted by atomic mass is 16.5. The first kappa shape index (κ1) is 13.5. The molecule has 1 saturated carbocycles. The number of hydrogen-bond acceptors (Lipinski definition) is 3. The first-order valence-electron chi connectivity index (χ1n) is 6.06. The standard InChI is InChI=1S/C13H23NO2/c1-10-6-5-7-13(8-10,9-14)12(3,15)11(2)16-4/h10-11,15H,5-8H2,1-4H3. The zero-order chi connectivity index (χ0) is 12.4. The van der Waals surface area contributed by atoms with Gasteiger partial charge in [-0.2, -0.15) is 5.26 Å². The number of ether oxygens (including phenoxy) is 1. The van der Waals surface area contributed by atoms with Crippen molar-refractivity contribution in [1.29, 1.82) is 5.26 Å². The largest absolute Gasteiger partial charge is 0.386 e. The van der Waals surface area contributed by atoms with E-state index in [1.807, 2.05) is 6.92 Å². The molecule has 0 heterocycles. The zero-order valence-electron chi connectivity index (χ0n) is 10.8. The molecule has 1 rings (SSSR count). The van der Waals surface area contributed by atoms with Crippen molar-refractivity contribution < 1.29 is 9.84 Å². The van der Waals surface area contributed by atoms with Crippen LogP contribution in [-0.2, 0) is 4.74 Å². The van der Waals surface area contributed by atoms with Gasteiger partial charge in [-0.1, -0.05) is 19.8 Å². The monoisotopic (exact) mass is 225 g/mol. The number of hydrogen-bond donors (Lipinski definition) is 1. The highest BCUT2D eigenvalue weighted by Crippen LogP contribution is 2.48. The molecule has 1 fully saturated rings. The lowest BCUT2D eigenvalue weighted by atomic mass is 9.61. The predicted molar refractivity (Wildman–Crippen MR) is 62.8 cm³/mol. The summed E-state index contributed by atoms with van der Waals surface area (Å²) in [6.07, 6.45) is 3.39. The van der Waals surface area contributed by atoms with Crippen molar-refractivity contribution in [3.63, 3.8) is 0 Å². The van der Waals surface area contributed by atoms with Gasteiger partial charge in [-0.15, -0.1) is 0 Å². The molecule has 1 aliphatic carbocycles. The van der Waals surface area contributed by atoms with Crippen LogP contribution >= 0.6 is 0 Å². The van der Waals surface area contributed by atoms with E-state index in [1.54, 1.807) is 14.0 Å². The molecule has 0 saturated heterocycles. The van der Waals surface area contributed by atoms with Crippen LogP contribution in [-0.4, -0.2) is 23.9 Å². The summed E-state index contributed by atoms with van der Waals surface area (Å²) >= 11 is 0. The van der Waals surface area contributed by atoms with E-state index in [0.717, 1.165) is 25.7 Å². The molecule has 0 aromatic heterocycles. The molecule has 0 radical (unpaired) electrons. The van der Waals surface area contributed by atoms with Crippen LogP contribution in [0.15, 0.2) is 0 Å². The van der Waals surface area contributed by atoms with Gasteiger partial charge in [0.25, 0.3) is 0 Å². The third-order valence-corrected chi connectivity index (χ3v) is 4.33. The molecule has 1 N–H and O–H groups in total. The second-order valence-corrected chi connectivity index (χ2v) is 5.42. The van der Waals surface area contributed by atoms with Crippen LogP contribution in [0.1, 0.15) is 46.5 Å². The van der Waals surface area contributed by atoms with E-state index in [-0.39, 0.29) is 6.10 Å². The summed E-state index contributed by atoms with van der Waals surface area (Å²) in [6.45, 7) is 5.72. The van der Waals surface area contributed by atoms with E-state index in [9.17, 15) is 10.4 Å². The van der Waals surface area contributed by atoms with Crippen molar-refractivity contribution in [2.24, 2.45) is 11.3 Å². The summed E-state index contributed by atoms with van der Waals surface area (Å²) < 4.78 is 5.23. The average Bonchev–Trinajstić information content (AvgIpc) is 2.27. The summed E-state index contributed by atoms with van der Waals surface area (Å²) in [4.78, 5) is 0. The molecule has 16 heavy (non-hydrogen) atoms. The quantitative estimate of drug-likeness (QED) is 0.803. The molecule has 92 valence electrons. The summed E-state index contributed by atoms with van der Waals surface area (Å²) in [5.74, 6) is 0.504. The normalized spacial score (nSPS) is 36.1. The van der Waals surface area contributed by atoms with Gasteiger partial charge in [-0.3, -0.25) is 0 Å². The molecule has 0 aromatic rings. The third-order valence-electron chi connectivity index (χ3n) is 4.33. The van der Waals surface area contributed by atoms with Crippen molar-refractivity contribution >= 4 is 0 Å². The van der Waals surface area contributed by atoms with E-state index in [1.165, 1.54) is 0 Å². The smallest absolute Gasteiger partial charge is 0.106 e. The molecule has 4 atom stereocenters. The zero-order valence-corrected chi connectivity index (χ0v) is 10.8. The first-order chi connectivity index (χ1) is 7.39. The molecule has 0 aromatic carbocycles. The first-order valence-corrected chi connectivity index (χ1v) is 6.06. The molecule has 3 heteroatoms. The van der Waals surface area contributed by atoms with Gasteiger partial charge in [0.2, 0.25) is 0 Å². The minimum atomic E-state index is -1.08. The van der Waals surface area contributed by atoms with Crippen LogP contribution in [0.4, 0.5) is 0 Å². The number of aliphatic hydroxyl groups is 1. The summed E-state index contributed by atoms with van der Waals surface area (Å²) in [5, 5.41) is 20.1. The van der Waals surface area contributed by atoms with Gasteiger partial charge >= 0.3 is 0 Å². The lowest BCUT2D eigenvalue weighted by molar-refractivity contribution is -0.146.